The van der Waals surface area contributed by atoms with Gasteiger partial charge >= 0.3 is 7.12 Å². The Labute approximate surface area is 153 Å². The molecule has 1 fully saturated rings. The van der Waals surface area contributed by atoms with Crippen LogP contribution in [0.25, 0.3) is 0 Å². The Hall–Kier alpha value is -2.51. The normalized spacial score (nSPS) is 16.5. The molecule has 0 spiro atoms. The van der Waals surface area contributed by atoms with E-state index in [9.17, 15) is 4.79 Å². The van der Waals surface area contributed by atoms with Crippen LogP contribution >= 0.6 is 0 Å². The molecule has 1 atom stereocenters. The van der Waals surface area contributed by atoms with E-state index in [2.05, 4.69) is 17.1 Å². The third-order valence-corrected chi connectivity index (χ3v) is 4.67. The molecule has 136 valence electrons. The summed E-state index contributed by atoms with van der Waals surface area (Å²) in [5, 5.41) is 21.1. The number of benzene rings is 2. The standard InChI is InChI=1S/C19H23BN2O4/c1-13-9-10-22(12-13)17-11-16(7-8-18(17)26-2)21-19(23)14-3-5-15(6-4-14)20(24)25/h3-8,11,13,24-25H,9-10,12H2,1-2H3,(H,21,23). The maximum atomic E-state index is 12.5. The molecule has 1 aliphatic rings. The Morgan fingerprint density at radius 3 is 2.54 bits per heavy atom. The summed E-state index contributed by atoms with van der Waals surface area (Å²) in [6, 6.07) is 11.8. The minimum absolute atomic E-state index is 0.255. The molecule has 0 radical (unpaired) electrons. The predicted octanol–water partition coefficient (Wildman–Crippen LogP) is 1.47. The van der Waals surface area contributed by atoms with Crippen molar-refractivity contribution < 1.29 is 19.6 Å². The number of hydrogen-bond donors (Lipinski definition) is 3. The molecule has 6 nitrogen and oxygen atoms in total. The molecule has 0 bridgehead atoms. The molecule has 1 saturated heterocycles. The van der Waals surface area contributed by atoms with Gasteiger partial charge in [0.2, 0.25) is 0 Å². The molecule has 0 aliphatic carbocycles. The van der Waals surface area contributed by atoms with Crippen molar-refractivity contribution in [2.45, 2.75) is 13.3 Å². The van der Waals surface area contributed by atoms with E-state index >= 15 is 0 Å². The van der Waals surface area contributed by atoms with Gasteiger partial charge in [-0.2, -0.15) is 0 Å². The summed E-state index contributed by atoms with van der Waals surface area (Å²) in [7, 11) is 0.104. The van der Waals surface area contributed by atoms with Gasteiger partial charge in [0.25, 0.3) is 5.91 Å². The summed E-state index contributed by atoms with van der Waals surface area (Å²) >= 11 is 0. The monoisotopic (exact) mass is 354 g/mol. The summed E-state index contributed by atoms with van der Waals surface area (Å²) in [5.74, 6) is 1.17. The van der Waals surface area contributed by atoms with E-state index in [1.165, 1.54) is 12.1 Å². The fourth-order valence-electron chi connectivity index (χ4n) is 3.18. The average Bonchev–Trinajstić information content (AvgIpc) is 3.08. The second-order valence-electron chi connectivity index (χ2n) is 6.68. The van der Waals surface area contributed by atoms with Gasteiger partial charge in [-0.1, -0.05) is 19.1 Å². The quantitative estimate of drug-likeness (QED) is 0.709. The summed E-state index contributed by atoms with van der Waals surface area (Å²) < 4.78 is 5.47. The molecular formula is C19H23BN2O4. The van der Waals surface area contributed by atoms with Crippen LogP contribution in [0.3, 0.4) is 0 Å². The summed E-state index contributed by atoms with van der Waals surface area (Å²) in [4.78, 5) is 14.7. The van der Waals surface area contributed by atoms with Crippen LogP contribution in [0.5, 0.6) is 5.75 Å². The molecule has 1 unspecified atom stereocenters. The Morgan fingerprint density at radius 1 is 1.23 bits per heavy atom. The van der Waals surface area contributed by atoms with Gasteiger partial charge in [0.15, 0.2) is 0 Å². The zero-order valence-corrected chi connectivity index (χ0v) is 15.0. The zero-order chi connectivity index (χ0) is 18.7. The van der Waals surface area contributed by atoms with Crippen LogP contribution in [0.4, 0.5) is 11.4 Å². The Morgan fingerprint density at radius 2 is 1.96 bits per heavy atom. The van der Waals surface area contributed by atoms with Crippen molar-refractivity contribution >= 4 is 29.9 Å². The summed E-state index contributed by atoms with van der Waals surface area (Å²) in [5.41, 5.74) is 2.46. The fraction of sp³-hybridized carbons (Fsp3) is 0.316. The van der Waals surface area contributed by atoms with E-state index in [0.29, 0.717) is 22.6 Å². The second-order valence-corrected chi connectivity index (χ2v) is 6.68. The van der Waals surface area contributed by atoms with Crippen molar-refractivity contribution in [3.8, 4) is 5.75 Å². The fourth-order valence-corrected chi connectivity index (χ4v) is 3.18. The van der Waals surface area contributed by atoms with Crippen LogP contribution in [-0.2, 0) is 0 Å². The number of methoxy groups -OCH3 is 1. The lowest BCUT2D eigenvalue weighted by Gasteiger charge is -2.22. The number of nitrogens with one attached hydrogen (secondary N) is 1. The lowest BCUT2D eigenvalue weighted by Crippen LogP contribution is -2.29. The number of carbonyl (C=O) groups is 1. The molecule has 1 aliphatic heterocycles. The van der Waals surface area contributed by atoms with E-state index in [1.54, 1.807) is 19.2 Å². The highest BCUT2D eigenvalue weighted by Gasteiger charge is 2.22. The molecule has 2 aromatic carbocycles. The van der Waals surface area contributed by atoms with Gasteiger partial charge < -0.3 is 25.0 Å². The van der Waals surface area contributed by atoms with E-state index in [1.807, 2.05) is 18.2 Å². The molecule has 0 saturated carbocycles. The van der Waals surface area contributed by atoms with E-state index in [4.69, 9.17) is 14.8 Å². The van der Waals surface area contributed by atoms with E-state index in [0.717, 1.165) is 30.9 Å². The average molecular weight is 354 g/mol. The third kappa shape index (κ3) is 4.00. The van der Waals surface area contributed by atoms with Gasteiger partial charge in [0, 0.05) is 24.3 Å². The number of carbonyl (C=O) groups excluding carboxylic acids is 1. The van der Waals surface area contributed by atoms with Crippen LogP contribution in [0, 0.1) is 5.92 Å². The van der Waals surface area contributed by atoms with Crippen LogP contribution in [0.15, 0.2) is 42.5 Å². The number of anilines is 2. The van der Waals surface area contributed by atoms with E-state index in [-0.39, 0.29) is 5.91 Å². The first-order valence-corrected chi connectivity index (χ1v) is 8.68. The Balaban J connectivity index is 1.77. The first-order valence-electron chi connectivity index (χ1n) is 8.68. The van der Waals surface area contributed by atoms with Crippen LogP contribution in [-0.4, -0.2) is 43.3 Å². The highest BCUT2D eigenvalue weighted by atomic mass is 16.5. The van der Waals surface area contributed by atoms with Crippen LogP contribution < -0.4 is 20.4 Å². The Bertz CT molecular complexity index is 780. The minimum Gasteiger partial charge on any atom is -0.495 e. The third-order valence-electron chi connectivity index (χ3n) is 4.67. The topological polar surface area (TPSA) is 82.0 Å². The van der Waals surface area contributed by atoms with Crippen molar-refractivity contribution in [1.29, 1.82) is 0 Å². The zero-order valence-electron chi connectivity index (χ0n) is 15.0. The Kier molecular flexibility index (Phi) is 5.49. The smallest absolute Gasteiger partial charge is 0.488 e. The maximum absolute atomic E-state index is 12.5. The van der Waals surface area contributed by atoms with Crippen molar-refractivity contribution in [3.05, 3.63) is 48.0 Å². The lowest BCUT2D eigenvalue weighted by molar-refractivity contribution is 0.102. The van der Waals surface area contributed by atoms with Gasteiger partial charge in [-0.25, -0.2) is 0 Å². The maximum Gasteiger partial charge on any atom is 0.488 e. The van der Waals surface area contributed by atoms with Gasteiger partial charge in [-0.3, -0.25) is 4.79 Å². The molecule has 2 aromatic rings. The van der Waals surface area contributed by atoms with Gasteiger partial charge in [0.05, 0.1) is 12.8 Å². The van der Waals surface area contributed by atoms with Crippen molar-refractivity contribution in [2.24, 2.45) is 5.92 Å². The van der Waals surface area contributed by atoms with Gasteiger partial charge in [-0.05, 0) is 48.1 Å². The first-order chi connectivity index (χ1) is 12.5. The second kappa shape index (κ2) is 7.80. The van der Waals surface area contributed by atoms with Gasteiger partial charge in [-0.15, -0.1) is 0 Å². The summed E-state index contributed by atoms with van der Waals surface area (Å²) in [6.07, 6.45) is 1.14. The highest BCUT2D eigenvalue weighted by molar-refractivity contribution is 6.58. The predicted molar refractivity (Wildman–Crippen MR) is 103 cm³/mol. The number of amides is 1. The van der Waals surface area contributed by atoms with Crippen molar-refractivity contribution in [2.75, 3.05) is 30.4 Å². The molecule has 1 amide bonds. The molecule has 0 aromatic heterocycles. The van der Waals surface area contributed by atoms with Crippen LogP contribution in [0.2, 0.25) is 0 Å². The number of hydrogen-bond acceptors (Lipinski definition) is 5. The van der Waals surface area contributed by atoms with Crippen molar-refractivity contribution in [1.82, 2.24) is 0 Å². The SMILES string of the molecule is COc1ccc(NC(=O)c2ccc(B(O)O)cc2)cc1N1CCC(C)C1. The molecule has 1 heterocycles. The van der Waals surface area contributed by atoms with Crippen molar-refractivity contribution in [3.63, 3.8) is 0 Å². The van der Waals surface area contributed by atoms with Crippen LogP contribution in [0.1, 0.15) is 23.7 Å². The molecule has 3 N–H and O–H groups in total. The molecule has 26 heavy (non-hydrogen) atoms. The first kappa shape index (κ1) is 18.3. The molecular weight excluding hydrogens is 331 g/mol. The number of nitrogens with zero attached hydrogens (tertiary/aromatic N) is 1. The highest BCUT2D eigenvalue weighted by Crippen LogP contribution is 2.34. The minimum atomic E-state index is -1.54. The molecule has 3 rings (SSSR count). The molecule has 7 heteroatoms. The number of ether oxygens (including phenoxy) is 1. The van der Waals surface area contributed by atoms with E-state index < -0.39 is 7.12 Å². The largest absolute Gasteiger partial charge is 0.495 e. The number of rotatable bonds is 5. The van der Waals surface area contributed by atoms with Gasteiger partial charge in [0.1, 0.15) is 5.75 Å². The summed E-state index contributed by atoms with van der Waals surface area (Å²) in [6.45, 7) is 4.17. The lowest BCUT2D eigenvalue weighted by atomic mass is 9.80.